The Morgan fingerprint density at radius 2 is 1.88 bits per heavy atom. The van der Waals surface area contributed by atoms with Crippen LogP contribution in [0.25, 0.3) is 0 Å². The molecule has 0 radical (unpaired) electrons. The SMILES string of the molecule is Cc1cc(C2=NS[C@@](c3cc(Cl)cc(Cl)c3)(C(F)(F)F)C2)ccc1C(O)NCC1(C#N)CC1. The van der Waals surface area contributed by atoms with Crippen molar-refractivity contribution in [3.8, 4) is 6.07 Å². The molecule has 2 aromatic carbocycles. The molecule has 174 valence electrons. The number of aliphatic hydroxyl groups is 1. The molecule has 2 atom stereocenters. The van der Waals surface area contributed by atoms with E-state index >= 15 is 0 Å². The van der Waals surface area contributed by atoms with Crippen LogP contribution in [-0.2, 0) is 4.75 Å². The Labute approximate surface area is 203 Å². The molecule has 10 heteroatoms. The minimum absolute atomic E-state index is 0.0456. The first kappa shape index (κ1) is 24.4. The predicted octanol–water partition coefficient (Wildman–Crippen LogP) is 6.48. The highest BCUT2D eigenvalue weighted by atomic mass is 35.5. The van der Waals surface area contributed by atoms with E-state index in [4.69, 9.17) is 23.2 Å². The van der Waals surface area contributed by atoms with Gasteiger partial charge in [0.15, 0.2) is 4.75 Å². The van der Waals surface area contributed by atoms with E-state index in [1.165, 1.54) is 18.2 Å². The maximum Gasteiger partial charge on any atom is 0.409 e. The predicted molar refractivity (Wildman–Crippen MR) is 124 cm³/mol. The summed E-state index contributed by atoms with van der Waals surface area (Å²) in [5.41, 5.74) is 1.70. The first-order valence-electron chi connectivity index (χ1n) is 10.2. The van der Waals surface area contributed by atoms with E-state index in [1.54, 1.807) is 25.1 Å². The largest absolute Gasteiger partial charge is 0.409 e. The molecule has 1 aliphatic carbocycles. The Bertz CT molecular complexity index is 1140. The molecule has 1 unspecified atom stereocenters. The van der Waals surface area contributed by atoms with Crippen LogP contribution in [0.15, 0.2) is 40.8 Å². The molecule has 1 saturated carbocycles. The zero-order chi connectivity index (χ0) is 24.0. The van der Waals surface area contributed by atoms with Crippen LogP contribution >= 0.6 is 35.1 Å². The second-order valence-electron chi connectivity index (χ2n) is 8.54. The number of rotatable bonds is 6. The first-order chi connectivity index (χ1) is 15.5. The lowest BCUT2D eigenvalue weighted by molar-refractivity contribution is -0.159. The minimum atomic E-state index is -4.59. The number of alkyl halides is 3. The number of nitrogens with one attached hydrogen (secondary N) is 1. The highest BCUT2D eigenvalue weighted by Crippen LogP contribution is 2.57. The number of aliphatic hydroxyl groups excluding tert-OH is 1. The van der Waals surface area contributed by atoms with Crippen molar-refractivity contribution >= 4 is 40.9 Å². The fourth-order valence-electron chi connectivity index (χ4n) is 3.89. The van der Waals surface area contributed by atoms with Crippen LogP contribution in [0.5, 0.6) is 0 Å². The molecule has 33 heavy (non-hydrogen) atoms. The second kappa shape index (κ2) is 8.79. The molecule has 4 nitrogen and oxygen atoms in total. The Morgan fingerprint density at radius 3 is 2.42 bits per heavy atom. The number of benzene rings is 2. The van der Waals surface area contributed by atoms with Crippen molar-refractivity contribution in [2.45, 2.75) is 43.3 Å². The highest BCUT2D eigenvalue weighted by Gasteiger charge is 2.60. The summed E-state index contributed by atoms with van der Waals surface area (Å²) in [6.45, 7) is 2.16. The van der Waals surface area contributed by atoms with Crippen molar-refractivity contribution in [3.05, 3.63) is 68.7 Å². The number of hydrogen-bond donors (Lipinski definition) is 2. The van der Waals surface area contributed by atoms with Gasteiger partial charge >= 0.3 is 6.18 Å². The first-order valence-corrected chi connectivity index (χ1v) is 11.7. The highest BCUT2D eigenvalue weighted by molar-refractivity contribution is 7.99. The molecule has 0 bridgehead atoms. The summed E-state index contributed by atoms with van der Waals surface area (Å²) in [6.07, 6.45) is -4.34. The summed E-state index contributed by atoms with van der Waals surface area (Å²) >= 11 is 12.4. The molecule has 1 aliphatic heterocycles. The maximum atomic E-state index is 14.3. The lowest BCUT2D eigenvalue weighted by atomic mass is 9.89. The van der Waals surface area contributed by atoms with E-state index in [2.05, 4.69) is 15.8 Å². The van der Waals surface area contributed by atoms with Gasteiger partial charge in [-0.15, -0.1) is 0 Å². The van der Waals surface area contributed by atoms with Crippen LogP contribution in [0.2, 0.25) is 10.0 Å². The Kier molecular flexibility index (Phi) is 6.49. The van der Waals surface area contributed by atoms with Crippen molar-refractivity contribution in [2.24, 2.45) is 9.81 Å². The average Bonchev–Trinajstić information content (AvgIpc) is 3.37. The third-order valence-corrected chi connectivity index (χ3v) is 7.81. The number of nitriles is 1. The molecule has 2 N–H and O–H groups in total. The molecule has 1 heterocycles. The van der Waals surface area contributed by atoms with Crippen LogP contribution in [0.1, 0.15) is 47.7 Å². The molecule has 0 aromatic heterocycles. The van der Waals surface area contributed by atoms with E-state index < -0.39 is 22.6 Å². The van der Waals surface area contributed by atoms with Gasteiger partial charge in [-0.3, -0.25) is 5.32 Å². The van der Waals surface area contributed by atoms with Gasteiger partial charge in [-0.25, -0.2) is 4.40 Å². The monoisotopic (exact) mass is 513 g/mol. The van der Waals surface area contributed by atoms with Crippen molar-refractivity contribution < 1.29 is 18.3 Å². The number of hydrogen-bond acceptors (Lipinski definition) is 5. The molecular weight excluding hydrogens is 494 g/mol. The quantitative estimate of drug-likeness (QED) is 0.342. The van der Waals surface area contributed by atoms with Crippen LogP contribution in [0.4, 0.5) is 13.2 Å². The molecule has 0 amide bonds. The maximum absolute atomic E-state index is 14.3. The van der Waals surface area contributed by atoms with Gasteiger partial charge in [0.25, 0.3) is 0 Å². The van der Waals surface area contributed by atoms with Gasteiger partial charge in [-0.1, -0.05) is 35.3 Å². The van der Waals surface area contributed by atoms with Crippen molar-refractivity contribution in [1.82, 2.24) is 5.32 Å². The number of nitrogens with zero attached hydrogens (tertiary/aromatic N) is 2. The number of aryl methyl sites for hydroxylation is 1. The van der Waals surface area contributed by atoms with Gasteiger partial charge in [0.2, 0.25) is 0 Å². The average molecular weight is 514 g/mol. The smallest absolute Gasteiger partial charge is 0.374 e. The fraction of sp³-hybridized carbons (Fsp3) is 0.391. The van der Waals surface area contributed by atoms with E-state index in [0.717, 1.165) is 12.8 Å². The molecule has 1 fully saturated rings. The van der Waals surface area contributed by atoms with Crippen LogP contribution in [0.3, 0.4) is 0 Å². The van der Waals surface area contributed by atoms with E-state index in [9.17, 15) is 23.5 Å². The van der Waals surface area contributed by atoms with Gasteiger partial charge < -0.3 is 5.11 Å². The lowest BCUT2D eigenvalue weighted by Crippen LogP contribution is -2.38. The third kappa shape index (κ3) is 4.75. The Morgan fingerprint density at radius 1 is 1.21 bits per heavy atom. The minimum Gasteiger partial charge on any atom is -0.374 e. The molecule has 4 rings (SSSR count). The van der Waals surface area contributed by atoms with E-state index in [1.807, 2.05) is 0 Å². The fourth-order valence-corrected chi connectivity index (χ4v) is 5.38. The van der Waals surface area contributed by atoms with Crippen molar-refractivity contribution in [2.75, 3.05) is 6.54 Å². The molecule has 2 aliphatic rings. The van der Waals surface area contributed by atoms with Crippen LogP contribution in [-0.4, -0.2) is 23.5 Å². The van der Waals surface area contributed by atoms with Gasteiger partial charge in [-0.05, 0) is 78.2 Å². The normalized spacial score (nSPS) is 22.5. The summed E-state index contributed by atoms with van der Waals surface area (Å²) < 4.78 is 44.7. The Balaban J connectivity index is 1.56. The third-order valence-electron chi connectivity index (χ3n) is 6.14. The molecule has 0 spiro atoms. The summed E-state index contributed by atoms with van der Waals surface area (Å²) in [7, 11) is 0. The van der Waals surface area contributed by atoms with Crippen molar-refractivity contribution in [1.29, 1.82) is 5.26 Å². The van der Waals surface area contributed by atoms with Gasteiger partial charge in [-0.2, -0.15) is 18.4 Å². The van der Waals surface area contributed by atoms with Crippen molar-refractivity contribution in [3.63, 3.8) is 0 Å². The molecule has 2 aromatic rings. The van der Waals surface area contributed by atoms with Crippen LogP contribution in [0, 0.1) is 23.7 Å². The van der Waals surface area contributed by atoms with Crippen LogP contribution < -0.4 is 5.32 Å². The Hall–Kier alpha value is -1.76. The zero-order valence-corrected chi connectivity index (χ0v) is 19.8. The summed E-state index contributed by atoms with van der Waals surface area (Å²) in [5, 5.41) is 22.9. The zero-order valence-electron chi connectivity index (χ0n) is 17.5. The summed E-state index contributed by atoms with van der Waals surface area (Å²) in [4.78, 5) is 0. The van der Waals surface area contributed by atoms with Gasteiger partial charge in [0.1, 0.15) is 6.23 Å². The van der Waals surface area contributed by atoms with Gasteiger partial charge in [0, 0.05) is 23.0 Å². The second-order valence-corrected chi connectivity index (χ2v) is 10.5. The lowest BCUT2D eigenvalue weighted by Gasteiger charge is -2.30. The summed E-state index contributed by atoms with van der Waals surface area (Å²) in [6, 6.07) is 11.2. The standard InChI is InChI=1S/C23H20Cl2F3N3OS/c1-13-6-14(2-3-18(13)20(32)30-12-21(11-29)4-5-21)19-10-22(33-31-19,23(26,27)28)15-7-16(24)9-17(25)8-15/h2-3,6-9,20,30,32H,4-5,10,12H2,1H3/t20?,22-/m0/s1. The molecule has 0 saturated heterocycles. The summed E-state index contributed by atoms with van der Waals surface area (Å²) in [5.74, 6) is 0. The topological polar surface area (TPSA) is 68.4 Å². The van der Waals surface area contributed by atoms with Gasteiger partial charge in [0.05, 0.1) is 17.2 Å². The van der Waals surface area contributed by atoms with E-state index in [-0.39, 0.29) is 22.0 Å². The molecular formula is C23H20Cl2F3N3OS. The number of halogens is 5. The van der Waals surface area contributed by atoms with E-state index in [0.29, 0.717) is 40.9 Å².